The van der Waals surface area contributed by atoms with Crippen LogP contribution < -0.4 is 5.56 Å². The number of amides is 1. The van der Waals surface area contributed by atoms with E-state index < -0.39 is 0 Å². The van der Waals surface area contributed by atoms with E-state index in [2.05, 4.69) is 5.10 Å². The Morgan fingerprint density at radius 2 is 1.42 bits per heavy atom. The smallest absolute Gasteiger partial charge is 0.267 e. The summed E-state index contributed by atoms with van der Waals surface area (Å²) in [5, 5.41) is 4.54. The van der Waals surface area contributed by atoms with Crippen molar-refractivity contribution in [2.75, 3.05) is 0 Å². The molecule has 0 N–H and O–H groups in total. The number of nitrogens with zero attached hydrogens (tertiary/aromatic N) is 3. The van der Waals surface area contributed by atoms with Crippen LogP contribution in [0.15, 0.2) is 95.8 Å². The minimum absolute atomic E-state index is 0.114. The fourth-order valence-corrected chi connectivity index (χ4v) is 3.79. The molecule has 0 aliphatic heterocycles. The molecule has 4 aromatic rings. The number of hydrogen-bond acceptors (Lipinski definition) is 3. The van der Waals surface area contributed by atoms with E-state index in [1.807, 2.05) is 92.7 Å². The maximum Gasteiger partial charge on any atom is 0.267 e. The van der Waals surface area contributed by atoms with E-state index in [1.54, 1.807) is 11.0 Å². The first-order valence-corrected chi connectivity index (χ1v) is 11.0. The van der Waals surface area contributed by atoms with Crippen LogP contribution >= 0.6 is 0 Å². The van der Waals surface area contributed by atoms with Crippen molar-refractivity contribution in [1.29, 1.82) is 0 Å². The Hall–Kier alpha value is -3.99. The largest absolute Gasteiger partial charge is 0.332 e. The van der Waals surface area contributed by atoms with Crippen molar-refractivity contribution in [3.63, 3.8) is 0 Å². The van der Waals surface area contributed by atoms with Gasteiger partial charge in [-0.3, -0.25) is 9.59 Å². The van der Waals surface area contributed by atoms with Crippen LogP contribution in [0.3, 0.4) is 0 Å². The molecular weight excluding hydrogens is 410 g/mol. The van der Waals surface area contributed by atoms with Gasteiger partial charge in [-0.15, -0.1) is 0 Å². The number of aryl methyl sites for hydroxylation is 2. The minimum Gasteiger partial charge on any atom is -0.332 e. The number of benzene rings is 3. The fourth-order valence-electron chi connectivity index (χ4n) is 3.79. The number of rotatable bonds is 7. The molecule has 0 aliphatic carbocycles. The molecule has 1 amide bonds. The fraction of sp³-hybridized carbons (Fsp3) is 0.179. The van der Waals surface area contributed by atoms with Crippen molar-refractivity contribution in [2.45, 2.75) is 33.5 Å². The summed E-state index contributed by atoms with van der Waals surface area (Å²) in [4.78, 5) is 27.7. The highest BCUT2D eigenvalue weighted by atomic mass is 16.2. The Bertz CT molecular complexity index is 1260. The van der Waals surface area contributed by atoms with Gasteiger partial charge in [-0.2, -0.15) is 5.10 Å². The first kappa shape index (κ1) is 22.2. The zero-order valence-electron chi connectivity index (χ0n) is 18.9. The third kappa shape index (κ3) is 5.63. The Balaban J connectivity index is 1.62. The van der Waals surface area contributed by atoms with Gasteiger partial charge in [0.05, 0.1) is 5.69 Å². The molecule has 0 atom stereocenters. The van der Waals surface area contributed by atoms with Crippen LogP contribution in [0.5, 0.6) is 0 Å². The molecule has 33 heavy (non-hydrogen) atoms. The molecule has 0 unspecified atom stereocenters. The predicted octanol–water partition coefficient (Wildman–Crippen LogP) is 4.76. The second-order valence-electron chi connectivity index (χ2n) is 8.25. The van der Waals surface area contributed by atoms with Crippen molar-refractivity contribution in [1.82, 2.24) is 14.7 Å². The van der Waals surface area contributed by atoms with Gasteiger partial charge in [-0.05, 0) is 42.7 Å². The Morgan fingerprint density at radius 3 is 2.03 bits per heavy atom. The number of aromatic nitrogens is 2. The molecule has 0 bridgehead atoms. The van der Waals surface area contributed by atoms with Gasteiger partial charge in [0.15, 0.2) is 0 Å². The lowest BCUT2D eigenvalue weighted by Gasteiger charge is -2.23. The SMILES string of the molecule is Cc1ccc(C)c(-c2ccc(=O)n(CC(=O)N(Cc3ccccc3)Cc3ccccc3)n2)c1. The van der Waals surface area contributed by atoms with Crippen LogP contribution in [0.2, 0.25) is 0 Å². The molecule has 5 heteroatoms. The molecule has 5 nitrogen and oxygen atoms in total. The maximum atomic E-state index is 13.4. The molecule has 1 aromatic heterocycles. The van der Waals surface area contributed by atoms with Gasteiger partial charge in [0.1, 0.15) is 6.54 Å². The van der Waals surface area contributed by atoms with E-state index in [1.165, 1.54) is 10.7 Å². The molecule has 0 radical (unpaired) electrons. The van der Waals surface area contributed by atoms with E-state index >= 15 is 0 Å². The lowest BCUT2D eigenvalue weighted by molar-refractivity contribution is -0.133. The molecular formula is C28H27N3O2. The van der Waals surface area contributed by atoms with E-state index in [0.717, 1.165) is 27.8 Å². The molecule has 0 aliphatic rings. The second-order valence-corrected chi connectivity index (χ2v) is 8.25. The lowest BCUT2D eigenvalue weighted by atomic mass is 10.0. The second kappa shape index (κ2) is 10.1. The number of carbonyl (C=O) groups excluding carboxylic acids is 1. The monoisotopic (exact) mass is 437 g/mol. The molecule has 166 valence electrons. The third-order valence-corrected chi connectivity index (χ3v) is 5.61. The summed E-state index contributed by atoms with van der Waals surface area (Å²) in [6, 6.07) is 29.1. The molecule has 0 spiro atoms. The number of hydrogen-bond donors (Lipinski definition) is 0. The summed E-state index contributed by atoms with van der Waals surface area (Å²) in [5.41, 5.74) is 5.60. The highest BCUT2D eigenvalue weighted by Gasteiger charge is 2.17. The Morgan fingerprint density at radius 1 is 0.818 bits per heavy atom. The van der Waals surface area contributed by atoms with Crippen molar-refractivity contribution < 1.29 is 4.79 Å². The van der Waals surface area contributed by atoms with Gasteiger partial charge < -0.3 is 4.90 Å². The summed E-state index contributed by atoms with van der Waals surface area (Å²) < 4.78 is 1.27. The normalized spacial score (nSPS) is 10.7. The highest BCUT2D eigenvalue weighted by Crippen LogP contribution is 2.21. The summed E-state index contributed by atoms with van der Waals surface area (Å²) in [7, 11) is 0. The van der Waals surface area contributed by atoms with E-state index in [-0.39, 0.29) is 18.0 Å². The minimum atomic E-state index is -0.295. The van der Waals surface area contributed by atoms with Crippen molar-refractivity contribution in [3.05, 3.63) is 124 Å². The van der Waals surface area contributed by atoms with Gasteiger partial charge in [0.25, 0.3) is 5.56 Å². The quantitative estimate of drug-likeness (QED) is 0.419. The molecule has 0 saturated carbocycles. The van der Waals surface area contributed by atoms with Crippen LogP contribution in [0.1, 0.15) is 22.3 Å². The van der Waals surface area contributed by atoms with E-state index in [0.29, 0.717) is 18.8 Å². The lowest BCUT2D eigenvalue weighted by Crippen LogP contribution is -2.36. The van der Waals surface area contributed by atoms with E-state index in [4.69, 9.17) is 0 Å². The van der Waals surface area contributed by atoms with Gasteiger partial charge in [-0.1, -0.05) is 78.4 Å². The Kier molecular flexibility index (Phi) is 6.79. The summed E-state index contributed by atoms with van der Waals surface area (Å²) >= 11 is 0. The van der Waals surface area contributed by atoms with Crippen molar-refractivity contribution >= 4 is 5.91 Å². The van der Waals surface area contributed by atoms with Crippen LogP contribution in [0.25, 0.3) is 11.3 Å². The average Bonchev–Trinajstić information content (AvgIpc) is 2.83. The molecule has 0 fully saturated rings. The zero-order valence-corrected chi connectivity index (χ0v) is 18.9. The first-order chi connectivity index (χ1) is 16.0. The standard InChI is InChI=1S/C28H27N3O2/c1-21-13-14-22(2)25(17-21)26-15-16-27(32)31(29-26)20-28(33)30(18-23-9-5-3-6-10-23)19-24-11-7-4-8-12-24/h3-17H,18-20H2,1-2H3. The van der Waals surface area contributed by atoms with Gasteiger partial charge in [0.2, 0.25) is 5.91 Å². The molecule has 0 saturated heterocycles. The summed E-state index contributed by atoms with van der Waals surface area (Å²) in [6.45, 7) is 4.84. The van der Waals surface area contributed by atoms with Crippen molar-refractivity contribution in [2.24, 2.45) is 0 Å². The van der Waals surface area contributed by atoms with E-state index in [9.17, 15) is 9.59 Å². The zero-order chi connectivity index (χ0) is 23.2. The summed E-state index contributed by atoms with van der Waals surface area (Å²) in [5.74, 6) is -0.157. The average molecular weight is 438 g/mol. The first-order valence-electron chi connectivity index (χ1n) is 11.0. The topological polar surface area (TPSA) is 55.2 Å². The number of carbonyl (C=O) groups is 1. The van der Waals surface area contributed by atoms with Crippen LogP contribution in [-0.4, -0.2) is 20.6 Å². The molecule has 1 heterocycles. The Labute approximate surface area is 193 Å². The van der Waals surface area contributed by atoms with Crippen LogP contribution in [-0.2, 0) is 24.4 Å². The van der Waals surface area contributed by atoms with Crippen LogP contribution in [0, 0.1) is 13.8 Å². The van der Waals surface area contributed by atoms with Gasteiger partial charge in [0, 0.05) is 24.7 Å². The maximum absolute atomic E-state index is 13.4. The summed E-state index contributed by atoms with van der Waals surface area (Å²) in [6.07, 6.45) is 0. The van der Waals surface area contributed by atoms with Crippen LogP contribution in [0.4, 0.5) is 0 Å². The van der Waals surface area contributed by atoms with Crippen molar-refractivity contribution in [3.8, 4) is 11.3 Å². The third-order valence-electron chi connectivity index (χ3n) is 5.61. The van der Waals surface area contributed by atoms with Gasteiger partial charge >= 0.3 is 0 Å². The molecule has 3 aromatic carbocycles. The molecule has 4 rings (SSSR count). The van der Waals surface area contributed by atoms with Gasteiger partial charge in [-0.25, -0.2) is 4.68 Å². The predicted molar refractivity (Wildman–Crippen MR) is 131 cm³/mol. The highest BCUT2D eigenvalue weighted by molar-refractivity contribution is 5.76.